The molecule has 0 unspecified atom stereocenters. The molecule has 0 aromatic heterocycles. The number of hydrogen-bond donors (Lipinski definition) is 0. The Hall–Kier alpha value is -0.140. The molecule has 0 heterocycles. The van der Waals surface area contributed by atoms with Gasteiger partial charge in [-0.2, -0.15) is 0 Å². The quantitative estimate of drug-likeness (QED) is 0.463. The maximum Gasteiger partial charge on any atom is 0.248 e. The van der Waals surface area contributed by atoms with Crippen molar-refractivity contribution >= 4 is 0 Å². The minimum absolute atomic E-state index is 0. The molecule has 1 rings (SSSR count). The van der Waals surface area contributed by atoms with Crippen LogP contribution >= 0.6 is 0 Å². The Morgan fingerprint density at radius 3 is 1.50 bits per heavy atom. The van der Waals surface area contributed by atoms with Crippen LogP contribution in [0.5, 0.6) is 0 Å². The Labute approximate surface area is 48.9 Å². The van der Waals surface area contributed by atoms with Crippen molar-refractivity contribution in [1.29, 1.82) is 0 Å². The summed E-state index contributed by atoms with van der Waals surface area (Å²) in [5, 5.41) is 0. The Morgan fingerprint density at radius 2 is 1.38 bits per heavy atom. The van der Waals surface area contributed by atoms with Crippen LogP contribution in [0, 0.1) is 0 Å². The summed E-state index contributed by atoms with van der Waals surface area (Å²) in [5.74, 6) is -2.31. The molecule has 0 aromatic rings. The molecule has 8 heavy (non-hydrogen) atoms. The second kappa shape index (κ2) is 2.42. The topological polar surface area (TPSA) is 0 Å². The van der Waals surface area contributed by atoms with Crippen LogP contribution in [-0.2, 0) is 0 Å². The molecular formula is C6H12F2. The van der Waals surface area contributed by atoms with Gasteiger partial charge in [0.05, 0.1) is 0 Å². The van der Waals surface area contributed by atoms with Crippen molar-refractivity contribution in [2.24, 2.45) is 0 Å². The van der Waals surface area contributed by atoms with Crippen LogP contribution in [0.4, 0.5) is 8.78 Å². The maximum absolute atomic E-state index is 11.9. The van der Waals surface area contributed by atoms with E-state index in [1.54, 1.807) is 0 Å². The third kappa shape index (κ3) is 1.76. The van der Waals surface area contributed by atoms with E-state index in [2.05, 4.69) is 0 Å². The standard InChI is InChI=1S/C5H8F2.CH4/c6-5(7)3-1-2-4-5;/h1-4H2;1H4. The highest BCUT2D eigenvalue weighted by Crippen LogP contribution is 2.33. The van der Waals surface area contributed by atoms with Crippen LogP contribution in [-0.4, -0.2) is 5.92 Å². The molecule has 1 aliphatic carbocycles. The minimum atomic E-state index is -2.31. The smallest absolute Gasteiger partial charge is 0.207 e. The van der Waals surface area contributed by atoms with Gasteiger partial charge in [0, 0.05) is 12.8 Å². The Bertz CT molecular complexity index is 60.9. The molecule has 1 aliphatic rings. The molecule has 0 N–H and O–H groups in total. The first-order chi connectivity index (χ1) is 3.21. The molecule has 0 radical (unpaired) electrons. The van der Waals surface area contributed by atoms with Gasteiger partial charge in [-0.3, -0.25) is 0 Å². The zero-order chi connectivity index (χ0) is 5.33. The number of rotatable bonds is 0. The molecule has 1 saturated carbocycles. The summed E-state index contributed by atoms with van der Waals surface area (Å²) in [5.41, 5.74) is 0. The van der Waals surface area contributed by atoms with Crippen molar-refractivity contribution < 1.29 is 8.78 Å². The van der Waals surface area contributed by atoms with Crippen LogP contribution in [0.25, 0.3) is 0 Å². The van der Waals surface area contributed by atoms with Crippen molar-refractivity contribution in [2.45, 2.75) is 39.0 Å². The lowest BCUT2D eigenvalue weighted by Crippen LogP contribution is -2.06. The summed E-state index contributed by atoms with van der Waals surface area (Å²) < 4.78 is 23.9. The second-order valence-corrected chi connectivity index (χ2v) is 2.06. The lowest BCUT2D eigenvalue weighted by atomic mass is 10.3. The van der Waals surface area contributed by atoms with Crippen LogP contribution in [0.2, 0.25) is 0 Å². The van der Waals surface area contributed by atoms with Gasteiger partial charge in [0.15, 0.2) is 0 Å². The van der Waals surface area contributed by atoms with Crippen molar-refractivity contribution in [1.82, 2.24) is 0 Å². The molecule has 0 aliphatic heterocycles. The zero-order valence-corrected chi connectivity index (χ0v) is 4.08. The van der Waals surface area contributed by atoms with Crippen molar-refractivity contribution in [3.63, 3.8) is 0 Å². The lowest BCUT2D eigenvalue weighted by molar-refractivity contribution is 0.00932. The first kappa shape index (κ1) is 7.86. The molecule has 0 atom stereocenters. The fourth-order valence-corrected chi connectivity index (χ4v) is 0.892. The van der Waals surface area contributed by atoms with E-state index >= 15 is 0 Å². The highest BCUT2D eigenvalue weighted by molar-refractivity contribution is 4.72. The third-order valence-electron chi connectivity index (χ3n) is 1.34. The van der Waals surface area contributed by atoms with Gasteiger partial charge in [0.25, 0.3) is 0 Å². The summed E-state index contributed by atoms with van der Waals surface area (Å²) in [6.07, 6.45) is 1.67. The van der Waals surface area contributed by atoms with Crippen molar-refractivity contribution in [3.8, 4) is 0 Å². The van der Waals surface area contributed by atoms with E-state index in [-0.39, 0.29) is 20.3 Å². The van der Waals surface area contributed by atoms with E-state index in [9.17, 15) is 8.78 Å². The van der Waals surface area contributed by atoms with Gasteiger partial charge in [-0.1, -0.05) is 7.43 Å². The largest absolute Gasteiger partial charge is 0.248 e. The highest BCUT2D eigenvalue weighted by atomic mass is 19.3. The van der Waals surface area contributed by atoms with Crippen molar-refractivity contribution in [2.75, 3.05) is 0 Å². The van der Waals surface area contributed by atoms with Crippen LogP contribution in [0.1, 0.15) is 33.1 Å². The number of alkyl halides is 2. The first-order valence-corrected chi connectivity index (χ1v) is 2.59. The number of halogens is 2. The first-order valence-electron chi connectivity index (χ1n) is 2.59. The second-order valence-electron chi connectivity index (χ2n) is 2.06. The molecule has 50 valence electrons. The van der Waals surface area contributed by atoms with E-state index in [1.807, 2.05) is 0 Å². The summed E-state index contributed by atoms with van der Waals surface area (Å²) in [7, 11) is 0. The molecule has 1 fully saturated rings. The van der Waals surface area contributed by atoms with Gasteiger partial charge in [0.2, 0.25) is 5.92 Å². The van der Waals surface area contributed by atoms with Gasteiger partial charge in [0.1, 0.15) is 0 Å². The molecule has 2 heteroatoms. The zero-order valence-electron chi connectivity index (χ0n) is 4.08. The number of hydrogen-bond acceptors (Lipinski definition) is 0. The van der Waals surface area contributed by atoms with Gasteiger partial charge in [-0.05, 0) is 12.8 Å². The van der Waals surface area contributed by atoms with Gasteiger partial charge >= 0.3 is 0 Å². The predicted octanol–water partition coefficient (Wildman–Crippen LogP) is 2.83. The molecule has 0 bridgehead atoms. The third-order valence-corrected chi connectivity index (χ3v) is 1.34. The van der Waals surface area contributed by atoms with E-state index in [1.165, 1.54) is 0 Å². The monoisotopic (exact) mass is 122 g/mol. The molecule has 0 aromatic carbocycles. The normalized spacial score (nSPS) is 24.8. The van der Waals surface area contributed by atoms with Crippen LogP contribution in [0.15, 0.2) is 0 Å². The molecule has 0 spiro atoms. The van der Waals surface area contributed by atoms with Crippen molar-refractivity contribution in [3.05, 3.63) is 0 Å². The Balaban J connectivity index is 0.000000490. The maximum atomic E-state index is 11.9. The van der Waals surface area contributed by atoms with Gasteiger partial charge in [-0.15, -0.1) is 0 Å². The van der Waals surface area contributed by atoms with Crippen LogP contribution in [0.3, 0.4) is 0 Å². The Morgan fingerprint density at radius 1 is 1.00 bits per heavy atom. The predicted molar refractivity (Wildman–Crippen MR) is 30.1 cm³/mol. The Kier molecular flexibility index (Phi) is 2.38. The average Bonchev–Trinajstić information content (AvgIpc) is 1.84. The molecular weight excluding hydrogens is 110 g/mol. The average molecular weight is 122 g/mol. The van der Waals surface area contributed by atoms with E-state index in [0.29, 0.717) is 12.8 Å². The molecule has 0 saturated heterocycles. The SMILES string of the molecule is C.FC1(F)CCCC1. The molecule has 0 nitrogen and oxygen atoms in total. The van der Waals surface area contributed by atoms with E-state index < -0.39 is 5.92 Å². The van der Waals surface area contributed by atoms with Gasteiger partial charge < -0.3 is 0 Å². The van der Waals surface area contributed by atoms with Crippen LogP contribution < -0.4 is 0 Å². The lowest BCUT2D eigenvalue weighted by Gasteiger charge is -2.03. The van der Waals surface area contributed by atoms with Gasteiger partial charge in [-0.25, -0.2) is 8.78 Å². The fraction of sp³-hybridized carbons (Fsp3) is 1.00. The summed E-state index contributed by atoms with van der Waals surface area (Å²) in [6.45, 7) is 0. The summed E-state index contributed by atoms with van der Waals surface area (Å²) in [4.78, 5) is 0. The summed E-state index contributed by atoms with van der Waals surface area (Å²) >= 11 is 0. The molecule has 0 amide bonds. The fourth-order valence-electron chi connectivity index (χ4n) is 0.892. The highest BCUT2D eigenvalue weighted by Gasteiger charge is 2.32. The van der Waals surface area contributed by atoms with E-state index in [0.717, 1.165) is 0 Å². The van der Waals surface area contributed by atoms with E-state index in [4.69, 9.17) is 0 Å². The minimum Gasteiger partial charge on any atom is -0.207 e. The summed E-state index contributed by atoms with van der Waals surface area (Å²) in [6, 6.07) is 0.